The van der Waals surface area contributed by atoms with Crippen LogP contribution in [0.1, 0.15) is 71.7 Å². The molecule has 0 aliphatic heterocycles. The number of aryl methyl sites for hydroxylation is 1. The highest BCUT2D eigenvalue weighted by atomic mass is 16.7. The van der Waals surface area contributed by atoms with Gasteiger partial charge in [-0.1, -0.05) is 62.7 Å². The predicted octanol–water partition coefficient (Wildman–Crippen LogP) is 8.17. The van der Waals surface area contributed by atoms with Crippen LogP contribution in [0.5, 0.6) is 5.75 Å². The van der Waals surface area contributed by atoms with Crippen LogP contribution in [0.25, 0.3) is 22.2 Å². The third-order valence-corrected chi connectivity index (χ3v) is 6.87. The topological polar surface area (TPSA) is 73.7 Å². The number of hydrogen-bond donors (Lipinski definition) is 0. The second-order valence-corrected chi connectivity index (χ2v) is 11.4. The van der Waals surface area contributed by atoms with Gasteiger partial charge < -0.3 is 18.9 Å². The second kappa shape index (κ2) is 13.0. The lowest BCUT2D eigenvalue weighted by Gasteiger charge is -2.19. The van der Waals surface area contributed by atoms with E-state index in [-0.39, 0.29) is 5.91 Å². The highest BCUT2D eigenvalue weighted by Crippen LogP contribution is 2.31. The summed E-state index contributed by atoms with van der Waals surface area (Å²) >= 11 is 0. The average molecular weight is 556 g/mol. The molecule has 4 aromatic rings. The van der Waals surface area contributed by atoms with Crippen LogP contribution >= 0.6 is 0 Å². The van der Waals surface area contributed by atoms with E-state index in [0.29, 0.717) is 18.7 Å². The number of benzene rings is 3. The normalized spacial score (nSPS) is 11.5. The van der Waals surface area contributed by atoms with Crippen LogP contribution in [-0.2, 0) is 22.5 Å². The molecule has 0 spiro atoms. The van der Waals surface area contributed by atoms with Gasteiger partial charge in [0.15, 0.2) is 0 Å². The fourth-order valence-electron chi connectivity index (χ4n) is 4.72. The molecule has 4 rings (SSSR count). The van der Waals surface area contributed by atoms with Crippen LogP contribution < -0.4 is 9.64 Å². The van der Waals surface area contributed by atoms with E-state index in [4.69, 9.17) is 14.5 Å². The van der Waals surface area contributed by atoms with Gasteiger partial charge in [-0.3, -0.25) is 4.79 Å². The molecule has 0 radical (unpaired) electrons. The molecule has 0 bridgehead atoms. The first-order valence-electron chi connectivity index (χ1n) is 14.4. The van der Waals surface area contributed by atoms with Crippen molar-refractivity contribution in [2.75, 3.05) is 11.9 Å². The molecule has 1 heterocycles. The van der Waals surface area contributed by atoms with Gasteiger partial charge in [0.05, 0.1) is 11.0 Å². The van der Waals surface area contributed by atoms with Crippen LogP contribution in [0.3, 0.4) is 0 Å². The first-order chi connectivity index (χ1) is 19.6. The number of aromatic nitrogens is 2. The highest BCUT2D eigenvalue weighted by molar-refractivity contribution is 5.95. The van der Waals surface area contributed by atoms with E-state index in [2.05, 4.69) is 29.7 Å². The lowest BCUT2D eigenvalue weighted by atomic mass is 10.0. The Morgan fingerprint density at radius 2 is 1.68 bits per heavy atom. The summed E-state index contributed by atoms with van der Waals surface area (Å²) in [5.74, 6) is 1.60. The van der Waals surface area contributed by atoms with E-state index < -0.39 is 11.8 Å². The monoisotopic (exact) mass is 555 g/mol. The summed E-state index contributed by atoms with van der Waals surface area (Å²) < 4.78 is 13.2. The van der Waals surface area contributed by atoms with Gasteiger partial charge in [-0.05, 0) is 69.0 Å². The average Bonchev–Trinajstić information content (AvgIpc) is 3.27. The Bertz CT molecular complexity index is 1500. The molecule has 0 aliphatic rings. The van der Waals surface area contributed by atoms with Crippen molar-refractivity contribution in [2.24, 2.45) is 0 Å². The number of unbranched alkanes of at least 4 members (excludes halogenated alkanes) is 1. The zero-order valence-electron chi connectivity index (χ0n) is 25.1. The molecule has 216 valence electrons. The van der Waals surface area contributed by atoms with E-state index in [1.807, 2.05) is 56.4 Å². The third-order valence-electron chi connectivity index (χ3n) is 6.87. The van der Waals surface area contributed by atoms with Gasteiger partial charge in [0.25, 0.3) is 0 Å². The minimum absolute atomic E-state index is 0.107. The Kier molecular flexibility index (Phi) is 9.48. The standard InChI is InChI=1S/C34H41N3O4/c1-7-9-15-31-35-28-21-20-26(36(6)32(38)12-8-2)22-29(28)37(31)23-24-16-18-25(19-17-24)27-13-10-11-14-30(27)40-33(39)41-34(3,4)5/h10-11,13-14,16-22H,7-9,12,15,23H2,1-6H3. The molecule has 0 atom stereocenters. The summed E-state index contributed by atoms with van der Waals surface area (Å²) in [4.78, 5) is 31.6. The van der Waals surface area contributed by atoms with Gasteiger partial charge >= 0.3 is 6.16 Å². The molecule has 41 heavy (non-hydrogen) atoms. The zero-order valence-corrected chi connectivity index (χ0v) is 25.1. The third kappa shape index (κ3) is 7.54. The van der Waals surface area contributed by atoms with E-state index in [0.717, 1.165) is 64.9 Å². The lowest BCUT2D eigenvalue weighted by Crippen LogP contribution is -2.26. The Hall–Kier alpha value is -4.13. The summed E-state index contributed by atoms with van der Waals surface area (Å²) in [6, 6.07) is 21.8. The number of fused-ring (bicyclic) bond motifs is 1. The second-order valence-electron chi connectivity index (χ2n) is 11.4. The minimum atomic E-state index is -0.727. The summed E-state index contributed by atoms with van der Waals surface area (Å²) in [5.41, 5.74) is 5.06. The molecule has 0 aliphatic carbocycles. The van der Waals surface area contributed by atoms with Crippen LogP contribution in [0, 0.1) is 0 Å². The smallest absolute Gasteiger partial charge is 0.428 e. The summed E-state index contributed by atoms with van der Waals surface area (Å²) in [6.07, 6.45) is 3.64. The number of amides is 1. The minimum Gasteiger partial charge on any atom is -0.428 e. The van der Waals surface area contributed by atoms with Gasteiger partial charge in [-0.2, -0.15) is 0 Å². The SMILES string of the molecule is CCCCc1nc2ccc(N(C)C(=O)CCC)cc2n1Cc1ccc(-c2ccccc2OC(=O)OC(C)(C)C)cc1. The van der Waals surface area contributed by atoms with Crippen molar-refractivity contribution in [1.82, 2.24) is 9.55 Å². The van der Waals surface area contributed by atoms with Gasteiger partial charge in [0.2, 0.25) is 5.91 Å². The van der Waals surface area contributed by atoms with Crippen molar-refractivity contribution in [3.05, 3.63) is 78.1 Å². The van der Waals surface area contributed by atoms with Crippen LogP contribution in [-0.4, -0.2) is 34.3 Å². The molecule has 1 aromatic heterocycles. The molecule has 0 fully saturated rings. The number of carbonyl (C=O) groups excluding carboxylic acids is 2. The molecular formula is C34H41N3O4. The van der Waals surface area contributed by atoms with E-state index in [1.54, 1.807) is 31.7 Å². The zero-order chi connectivity index (χ0) is 29.6. The molecule has 0 saturated carbocycles. The molecule has 7 heteroatoms. The molecule has 0 unspecified atom stereocenters. The Labute approximate surface area is 243 Å². The molecule has 7 nitrogen and oxygen atoms in total. The number of anilines is 1. The van der Waals surface area contributed by atoms with Gasteiger partial charge in [0.1, 0.15) is 17.2 Å². The number of hydrogen-bond acceptors (Lipinski definition) is 5. The maximum Gasteiger partial charge on any atom is 0.514 e. The van der Waals surface area contributed by atoms with Crippen molar-refractivity contribution < 1.29 is 19.1 Å². The summed E-state index contributed by atoms with van der Waals surface area (Å²) in [6.45, 7) is 10.3. The highest BCUT2D eigenvalue weighted by Gasteiger charge is 2.20. The largest absolute Gasteiger partial charge is 0.514 e. The van der Waals surface area contributed by atoms with Crippen molar-refractivity contribution >= 4 is 28.8 Å². The molecule has 0 N–H and O–H groups in total. The van der Waals surface area contributed by atoms with E-state index in [1.165, 1.54) is 0 Å². The Balaban J connectivity index is 1.62. The number of para-hydroxylation sites is 1. The Morgan fingerprint density at radius 1 is 0.951 bits per heavy atom. The fourth-order valence-corrected chi connectivity index (χ4v) is 4.72. The van der Waals surface area contributed by atoms with Crippen molar-refractivity contribution in [3.63, 3.8) is 0 Å². The lowest BCUT2D eigenvalue weighted by molar-refractivity contribution is -0.118. The van der Waals surface area contributed by atoms with Crippen LogP contribution in [0.4, 0.5) is 10.5 Å². The number of nitrogens with zero attached hydrogens (tertiary/aromatic N) is 3. The van der Waals surface area contributed by atoms with Crippen molar-refractivity contribution in [1.29, 1.82) is 0 Å². The first kappa shape index (κ1) is 29.8. The van der Waals surface area contributed by atoms with Gasteiger partial charge in [0, 0.05) is 37.7 Å². The number of carbonyl (C=O) groups is 2. The van der Waals surface area contributed by atoms with E-state index in [9.17, 15) is 9.59 Å². The predicted molar refractivity (Wildman–Crippen MR) is 165 cm³/mol. The van der Waals surface area contributed by atoms with Crippen LogP contribution in [0.15, 0.2) is 66.7 Å². The maximum absolute atomic E-state index is 12.6. The maximum atomic E-state index is 12.6. The van der Waals surface area contributed by atoms with Crippen molar-refractivity contribution in [2.45, 2.75) is 78.9 Å². The van der Waals surface area contributed by atoms with E-state index >= 15 is 0 Å². The molecular weight excluding hydrogens is 514 g/mol. The number of ether oxygens (including phenoxy) is 2. The quantitative estimate of drug-likeness (QED) is 0.146. The summed E-state index contributed by atoms with van der Waals surface area (Å²) in [7, 11) is 1.83. The number of imidazole rings is 1. The van der Waals surface area contributed by atoms with Gasteiger partial charge in [-0.15, -0.1) is 0 Å². The van der Waals surface area contributed by atoms with Crippen molar-refractivity contribution in [3.8, 4) is 16.9 Å². The molecule has 3 aromatic carbocycles. The first-order valence-corrected chi connectivity index (χ1v) is 14.4. The summed E-state index contributed by atoms with van der Waals surface area (Å²) in [5, 5.41) is 0. The fraction of sp³-hybridized carbons (Fsp3) is 0.382. The van der Waals surface area contributed by atoms with Gasteiger partial charge in [-0.25, -0.2) is 9.78 Å². The molecule has 0 saturated heterocycles. The Morgan fingerprint density at radius 3 is 2.37 bits per heavy atom. The molecule has 1 amide bonds. The van der Waals surface area contributed by atoms with Crippen LogP contribution in [0.2, 0.25) is 0 Å². The number of rotatable bonds is 10.